The van der Waals surface area contributed by atoms with Gasteiger partial charge < -0.3 is 15.4 Å². The lowest BCUT2D eigenvalue weighted by Gasteiger charge is -2.24. The van der Waals surface area contributed by atoms with Crippen molar-refractivity contribution in [2.24, 2.45) is 0 Å². The average molecular weight is 355 g/mol. The molecule has 3 heterocycles. The molecule has 2 aromatic heterocycles. The van der Waals surface area contributed by atoms with Crippen LogP contribution in [0, 0.1) is 0 Å². The lowest BCUT2D eigenvalue weighted by molar-refractivity contribution is 0.167. The molecule has 0 amide bonds. The van der Waals surface area contributed by atoms with Crippen LogP contribution in [0.1, 0.15) is 12.8 Å². The van der Waals surface area contributed by atoms with Crippen LogP contribution < -0.4 is 15.4 Å². The van der Waals surface area contributed by atoms with E-state index in [1.807, 2.05) is 24.3 Å². The molecule has 0 spiro atoms. The van der Waals surface area contributed by atoms with E-state index >= 15 is 0 Å². The van der Waals surface area contributed by atoms with Crippen molar-refractivity contribution in [1.82, 2.24) is 15.3 Å². The van der Waals surface area contributed by atoms with Crippen molar-refractivity contribution in [3.05, 3.63) is 53.9 Å². The molecule has 1 aliphatic heterocycles. The van der Waals surface area contributed by atoms with E-state index in [-0.39, 0.29) is 6.10 Å². The molecule has 0 aliphatic carbocycles. The largest absolute Gasteiger partial charge is 0.489 e. The fourth-order valence-electron chi connectivity index (χ4n) is 3.03. The van der Waals surface area contributed by atoms with Crippen molar-refractivity contribution in [2.45, 2.75) is 18.9 Å². The summed E-state index contributed by atoms with van der Waals surface area (Å²) in [5, 5.41) is 9.25. The van der Waals surface area contributed by atoms with Crippen molar-refractivity contribution in [2.75, 3.05) is 18.4 Å². The van der Waals surface area contributed by atoms with Gasteiger partial charge in [0.05, 0.1) is 11.9 Å². The number of nitrogens with zero attached hydrogens (tertiary/aromatic N) is 2. The minimum Gasteiger partial charge on any atom is -0.489 e. The highest BCUT2D eigenvalue weighted by atomic mass is 35.5. The smallest absolute Gasteiger partial charge is 0.138 e. The molecule has 1 saturated heterocycles. The molecule has 1 atom stereocenters. The van der Waals surface area contributed by atoms with Gasteiger partial charge in [0.25, 0.3) is 0 Å². The molecule has 1 aromatic carbocycles. The molecule has 1 aliphatic rings. The number of rotatable bonds is 4. The molecule has 4 rings (SSSR count). The standard InChI is InChI=1S/C19H19ClN4O/c20-18-6-3-14(11-23-18)24-19-17-5-4-15(10-13(17)7-9-22-19)25-16-2-1-8-21-12-16/h3-7,9-11,16,21H,1-2,8,12H2,(H,22,24)/t16-/m1/s1. The highest BCUT2D eigenvalue weighted by molar-refractivity contribution is 6.29. The Morgan fingerprint density at radius 1 is 1.16 bits per heavy atom. The normalized spacial score (nSPS) is 17.4. The van der Waals surface area contributed by atoms with E-state index in [1.165, 1.54) is 0 Å². The number of hydrogen-bond acceptors (Lipinski definition) is 5. The Labute approximate surface area is 151 Å². The third-order valence-electron chi connectivity index (χ3n) is 4.28. The maximum Gasteiger partial charge on any atom is 0.138 e. The van der Waals surface area contributed by atoms with Gasteiger partial charge in [-0.3, -0.25) is 0 Å². The quantitative estimate of drug-likeness (QED) is 0.689. The van der Waals surface area contributed by atoms with Crippen LogP contribution in [-0.2, 0) is 0 Å². The molecule has 0 saturated carbocycles. The predicted octanol–water partition coefficient (Wildman–Crippen LogP) is 4.16. The monoisotopic (exact) mass is 354 g/mol. The summed E-state index contributed by atoms with van der Waals surface area (Å²) in [6.45, 7) is 1.99. The van der Waals surface area contributed by atoms with E-state index in [1.54, 1.807) is 18.5 Å². The van der Waals surface area contributed by atoms with Crippen molar-refractivity contribution < 1.29 is 4.74 Å². The van der Waals surface area contributed by atoms with Crippen molar-refractivity contribution in [1.29, 1.82) is 0 Å². The summed E-state index contributed by atoms with van der Waals surface area (Å²) < 4.78 is 6.11. The van der Waals surface area contributed by atoms with Gasteiger partial charge in [-0.05, 0) is 61.2 Å². The Bertz CT molecular complexity index is 863. The molecule has 1 fully saturated rings. The Kier molecular flexibility index (Phi) is 4.68. The summed E-state index contributed by atoms with van der Waals surface area (Å²) in [5.41, 5.74) is 0.845. The molecule has 2 N–H and O–H groups in total. The van der Waals surface area contributed by atoms with Crippen LogP contribution in [0.4, 0.5) is 11.5 Å². The third kappa shape index (κ3) is 3.83. The molecular formula is C19H19ClN4O. The number of anilines is 2. The van der Waals surface area contributed by atoms with E-state index in [0.29, 0.717) is 5.15 Å². The van der Waals surface area contributed by atoms with Gasteiger partial charge in [-0.15, -0.1) is 0 Å². The van der Waals surface area contributed by atoms with E-state index in [0.717, 1.165) is 54.0 Å². The Hall–Kier alpha value is -2.37. The minimum absolute atomic E-state index is 0.241. The second-order valence-electron chi connectivity index (χ2n) is 6.12. The minimum atomic E-state index is 0.241. The van der Waals surface area contributed by atoms with E-state index in [9.17, 15) is 0 Å². The summed E-state index contributed by atoms with van der Waals surface area (Å²) in [6, 6.07) is 11.7. The first-order valence-electron chi connectivity index (χ1n) is 8.43. The van der Waals surface area contributed by atoms with Gasteiger partial charge in [-0.1, -0.05) is 11.6 Å². The number of halogens is 1. The van der Waals surface area contributed by atoms with Crippen LogP contribution in [0.5, 0.6) is 5.75 Å². The van der Waals surface area contributed by atoms with Crippen LogP contribution >= 0.6 is 11.6 Å². The molecule has 25 heavy (non-hydrogen) atoms. The van der Waals surface area contributed by atoms with Crippen molar-refractivity contribution >= 4 is 33.9 Å². The molecule has 0 bridgehead atoms. The van der Waals surface area contributed by atoms with Crippen LogP contribution in [0.25, 0.3) is 10.8 Å². The number of benzene rings is 1. The predicted molar refractivity (Wildman–Crippen MR) is 101 cm³/mol. The third-order valence-corrected chi connectivity index (χ3v) is 4.50. The van der Waals surface area contributed by atoms with E-state index in [4.69, 9.17) is 16.3 Å². The maximum absolute atomic E-state index is 6.11. The van der Waals surface area contributed by atoms with Gasteiger partial charge >= 0.3 is 0 Å². The first-order chi connectivity index (χ1) is 12.3. The lowest BCUT2D eigenvalue weighted by Crippen LogP contribution is -2.37. The zero-order valence-corrected chi connectivity index (χ0v) is 14.5. The van der Waals surface area contributed by atoms with E-state index in [2.05, 4.69) is 26.7 Å². The Morgan fingerprint density at radius 3 is 2.92 bits per heavy atom. The molecule has 6 heteroatoms. The number of fused-ring (bicyclic) bond motifs is 1. The SMILES string of the molecule is Clc1ccc(Nc2nccc3cc(O[C@@H]4CCCNC4)ccc23)cn1. The topological polar surface area (TPSA) is 59.1 Å². The molecule has 0 radical (unpaired) electrons. The molecular weight excluding hydrogens is 336 g/mol. The Balaban J connectivity index is 1.57. The second-order valence-corrected chi connectivity index (χ2v) is 6.51. The number of nitrogens with one attached hydrogen (secondary N) is 2. The highest BCUT2D eigenvalue weighted by Crippen LogP contribution is 2.28. The first-order valence-corrected chi connectivity index (χ1v) is 8.80. The van der Waals surface area contributed by atoms with Crippen LogP contribution in [0.2, 0.25) is 5.15 Å². The van der Waals surface area contributed by atoms with Gasteiger partial charge in [0, 0.05) is 18.1 Å². The van der Waals surface area contributed by atoms with Crippen molar-refractivity contribution in [3.63, 3.8) is 0 Å². The molecule has 3 aromatic rings. The summed E-state index contributed by atoms with van der Waals surface area (Å²) >= 11 is 5.83. The van der Waals surface area contributed by atoms with Crippen LogP contribution in [0.15, 0.2) is 48.8 Å². The second kappa shape index (κ2) is 7.25. The summed E-state index contributed by atoms with van der Waals surface area (Å²) in [7, 11) is 0. The number of ether oxygens (including phenoxy) is 1. The zero-order valence-electron chi connectivity index (χ0n) is 13.7. The summed E-state index contributed by atoms with van der Waals surface area (Å²) in [4.78, 5) is 8.53. The average Bonchev–Trinajstić information content (AvgIpc) is 2.64. The van der Waals surface area contributed by atoms with Gasteiger partial charge in [0.2, 0.25) is 0 Å². The number of piperidine rings is 1. The molecule has 5 nitrogen and oxygen atoms in total. The van der Waals surface area contributed by atoms with Crippen molar-refractivity contribution in [3.8, 4) is 5.75 Å². The molecule has 0 unspecified atom stereocenters. The fraction of sp³-hybridized carbons (Fsp3) is 0.263. The van der Waals surface area contributed by atoms with Gasteiger partial charge in [0.15, 0.2) is 0 Å². The van der Waals surface area contributed by atoms with Gasteiger partial charge in [-0.25, -0.2) is 9.97 Å². The van der Waals surface area contributed by atoms with Gasteiger partial charge in [0.1, 0.15) is 22.8 Å². The Morgan fingerprint density at radius 2 is 2.12 bits per heavy atom. The van der Waals surface area contributed by atoms with Crippen LogP contribution in [0.3, 0.4) is 0 Å². The highest BCUT2D eigenvalue weighted by Gasteiger charge is 2.14. The summed E-state index contributed by atoms with van der Waals surface area (Å²) in [5.74, 6) is 1.68. The number of hydrogen-bond donors (Lipinski definition) is 2. The van der Waals surface area contributed by atoms with Gasteiger partial charge in [-0.2, -0.15) is 0 Å². The summed E-state index contributed by atoms with van der Waals surface area (Å²) in [6.07, 6.45) is 5.98. The number of aromatic nitrogens is 2. The van der Waals surface area contributed by atoms with E-state index < -0.39 is 0 Å². The lowest BCUT2D eigenvalue weighted by atomic mass is 10.1. The molecule has 128 valence electrons. The maximum atomic E-state index is 6.11. The van der Waals surface area contributed by atoms with Crippen LogP contribution in [-0.4, -0.2) is 29.2 Å². The number of pyridine rings is 2. The first kappa shape index (κ1) is 16.1. The fourth-order valence-corrected chi connectivity index (χ4v) is 3.14. The zero-order chi connectivity index (χ0) is 17.1.